The van der Waals surface area contributed by atoms with Gasteiger partial charge in [0.2, 0.25) is 10.0 Å². The van der Waals surface area contributed by atoms with Crippen molar-refractivity contribution in [2.45, 2.75) is 25.2 Å². The molecule has 0 amide bonds. The van der Waals surface area contributed by atoms with Crippen LogP contribution in [0.1, 0.15) is 39.8 Å². The normalized spacial score (nSPS) is 13.7. The van der Waals surface area contributed by atoms with Gasteiger partial charge in [0.25, 0.3) is 0 Å². The lowest BCUT2D eigenvalue weighted by molar-refractivity contribution is 0.0524. The molecular formula is C21H23N3O5S. The maximum Gasteiger partial charge on any atom is 0.340 e. The Bertz CT molecular complexity index is 1310. The number of hydrogen-bond donors (Lipinski definition) is 3. The summed E-state index contributed by atoms with van der Waals surface area (Å²) in [4.78, 5) is 18.7. The zero-order valence-electron chi connectivity index (χ0n) is 17.2. The van der Waals surface area contributed by atoms with Crippen LogP contribution < -0.4 is 0 Å². The zero-order valence-corrected chi connectivity index (χ0v) is 18.0. The minimum atomic E-state index is -3.63. The predicted octanol–water partition coefficient (Wildman–Crippen LogP) is 2.92. The summed E-state index contributed by atoms with van der Waals surface area (Å²) in [6.45, 7) is 3.84. The number of aromatic nitrogens is 2. The van der Waals surface area contributed by atoms with Crippen LogP contribution in [0.25, 0.3) is 16.5 Å². The Morgan fingerprint density at radius 2 is 2.00 bits per heavy atom. The van der Waals surface area contributed by atoms with Crippen LogP contribution in [0, 0.1) is 6.92 Å². The summed E-state index contributed by atoms with van der Waals surface area (Å²) >= 11 is 0. The number of carbonyl (C=O) groups is 1. The molecule has 0 radical (unpaired) electrons. The van der Waals surface area contributed by atoms with Gasteiger partial charge in [-0.2, -0.15) is 0 Å². The Balaban J connectivity index is 1.88. The number of esters is 1. The van der Waals surface area contributed by atoms with E-state index in [1.165, 1.54) is 20.2 Å². The first-order valence-corrected chi connectivity index (χ1v) is 11.0. The molecule has 1 aromatic carbocycles. The standard InChI is InChI=1S/C21H23N3O5S/c1-5-29-21(26)17-11(2)22-19-13(17)7-8-14(19)18-15-10-12(30(27,28)24(3)4)6-9-16(15)23-20(18)25/h6,8-10,22-23,25H,5,7H2,1-4H3. The second-order valence-corrected chi connectivity index (χ2v) is 9.52. The molecule has 158 valence electrons. The van der Waals surface area contributed by atoms with Gasteiger partial charge in [-0.1, -0.05) is 6.08 Å². The van der Waals surface area contributed by atoms with Crippen LogP contribution in [0.3, 0.4) is 0 Å². The van der Waals surface area contributed by atoms with Crippen molar-refractivity contribution in [3.05, 3.63) is 52.4 Å². The van der Waals surface area contributed by atoms with E-state index in [4.69, 9.17) is 4.74 Å². The van der Waals surface area contributed by atoms with Crippen LogP contribution in [-0.4, -0.2) is 54.5 Å². The molecule has 30 heavy (non-hydrogen) atoms. The van der Waals surface area contributed by atoms with Gasteiger partial charge in [-0.3, -0.25) is 0 Å². The lowest BCUT2D eigenvalue weighted by atomic mass is 10.0. The molecule has 0 saturated heterocycles. The number of benzene rings is 1. The first-order chi connectivity index (χ1) is 14.2. The summed E-state index contributed by atoms with van der Waals surface area (Å²) < 4.78 is 31.5. The summed E-state index contributed by atoms with van der Waals surface area (Å²) in [5, 5.41) is 11.2. The van der Waals surface area contributed by atoms with E-state index in [2.05, 4.69) is 9.97 Å². The number of H-pyrrole nitrogens is 2. The van der Waals surface area contributed by atoms with Crippen molar-refractivity contribution in [2.24, 2.45) is 0 Å². The van der Waals surface area contributed by atoms with Gasteiger partial charge in [0, 0.05) is 36.3 Å². The number of sulfonamides is 1. The van der Waals surface area contributed by atoms with Crippen LogP contribution in [-0.2, 0) is 21.2 Å². The molecule has 8 nitrogen and oxygen atoms in total. The summed E-state index contributed by atoms with van der Waals surface area (Å²) in [7, 11) is -0.687. The van der Waals surface area contributed by atoms with Gasteiger partial charge in [0.1, 0.15) is 0 Å². The summed E-state index contributed by atoms with van der Waals surface area (Å²) in [5.74, 6) is -0.446. The molecule has 0 fully saturated rings. The maximum atomic E-state index is 12.6. The van der Waals surface area contributed by atoms with E-state index in [0.29, 0.717) is 39.7 Å². The van der Waals surface area contributed by atoms with Crippen molar-refractivity contribution in [2.75, 3.05) is 20.7 Å². The Morgan fingerprint density at radius 3 is 2.67 bits per heavy atom. The van der Waals surface area contributed by atoms with Gasteiger partial charge in [-0.25, -0.2) is 17.5 Å². The summed E-state index contributed by atoms with van der Waals surface area (Å²) in [6.07, 6.45) is 2.42. The quantitative estimate of drug-likeness (QED) is 0.540. The molecule has 4 rings (SSSR count). The monoisotopic (exact) mass is 429 g/mol. The van der Waals surface area contributed by atoms with E-state index >= 15 is 0 Å². The van der Waals surface area contributed by atoms with Crippen LogP contribution in [0.2, 0.25) is 0 Å². The van der Waals surface area contributed by atoms with Crippen LogP contribution in [0.5, 0.6) is 5.88 Å². The topological polar surface area (TPSA) is 115 Å². The Hall–Kier alpha value is -3.04. The average Bonchev–Trinajstić information content (AvgIpc) is 3.31. The molecule has 0 aliphatic heterocycles. The number of fused-ring (bicyclic) bond motifs is 2. The largest absolute Gasteiger partial charge is 0.494 e. The van der Waals surface area contributed by atoms with E-state index in [0.717, 1.165) is 15.6 Å². The fraction of sp³-hybridized carbons (Fsp3) is 0.286. The van der Waals surface area contributed by atoms with E-state index in [1.54, 1.807) is 26.0 Å². The third kappa shape index (κ3) is 2.93. The molecule has 0 atom stereocenters. The third-order valence-corrected chi connectivity index (χ3v) is 7.16. The molecule has 1 aliphatic carbocycles. The van der Waals surface area contributed by atoms with Gasteiger partial charge in [0.15, 0.2) is 5.88 Å². The Labute approximate surface area is 174 Å². The zero-order chi connectivity index (χ0) is 21.8. The first-order valence-electron chi connectivity index (χ1n) is 9.53. The lowest BCUT2D eigenvalue weighted by Crippen LogP contribution is -2.22. The van der Waals surface area contributed by atoms with Crippen LogP contribution >= 0.6 is 0 Å². The minimum absolute atomic E-state index is 0.0616. The Kier molecular flexibility index (Phi) is 4.74. The van der Waals surface area contributed by atoms with E-state index in [9.17, 15) is 18.3 Å². The maximum absolute atomic E-state index is 12.6. The Morgan fingerprint density at radius 1 is 1.27 bits per heavy atom. The van der Waals surface area contributed by atoms with Gasteiger partial charge in [-0.15, -0.1) is 0 Å². The highest BCUT2D eigenvalue weighted by molar-refractivity contribution is 7.89. The highest BCUT2D eigenvalue weighted by Gasteiger charge is 2.30. The SMILES string of the molecule is CCOC(=O)c1c(C)[nH]c2c1CC=C2c1c(O)[nH]c2ccc(S(=O)(=O)N(C)C)cc12. The van der Waals surface area contributed by atoms with Crippen molar-refractivity contribution in [3.63, 3.8) is 0 Å². The predicted molar refractivity (Wildman–Crippen MR) is 113 cm³/mol. The summed E-state index contributed by atoms with van der Waals surface area (Å²) in [5.41, 5.74) is 4.57. The molecule has 1 aliphatic rings. The van der Waals surface area contributed by atoms with Crippen LogP contribution in [0.4, 0.5) is 0 Å². The number of aromatic amines is 2. The van der Waals surface area contributed by atoms with Gasteiger partial charge in [0.05, 0.1) is 28.3 Å². The number of rotatable bonds is 5. The second-order valence-electron chi connectivity index (χ2n) is 7.36. The van der Waals surface area contributed by atoms with Crippen molar-refractivity contribution in [3.8, 4) is 5.88 Å². The number of carbonyl (C=O) groups excluding carboxylic acids is 1. The van der Waals surface area contributed by atoms with Gasteiger partial charge in [-0.05, 0) is 44.0 Å². The molecule has 3 N–H and O–H groups in total. The fourth-order valence-electron chi connectivity index (χ4n) is 3.92. The van der Waals surface area contributed by atoms with E-state index in [-0.39, 0.29) is 23.4 Å². The number of allylic oxidation sites excluding steroid dienone is 1. The molecule has 0 saturated carbocycles. The van der Waals surface area contributed by atoms with Crippen molar-refractivity contribution in [1.82, 2.24) is 14.3 Å². The smallest absolute Gasteiger partial charge is 0.340 e. The molecule has 0 bridgehead atoms. The van der Waals surface area contributed by atoms with Crippen molar-refractivity contribution >= 4 is 32.5 Å². The number of aryl methyl sites for hydroxylation is 1. The number of aromatic hydroxyl groups is 1. The third-order valence-electron chi connectivity index (χ3n) is 5.35. The van der Waals surface area contributed by atoms with Crippen molar-refractivity contribution < 1.29 is 23.1 Å². The number of nitrogens with one attached hydrogen (secondary N) is 2. The highest BCUT2D eigenvalue weighted by Crippen LogP contribution is 2.42. The number of hydrogen-bond acceptors (Lipinski definition) is 5. The van der Waals surface area contributed by atoms with Gasteiger partial charge < -0.3 is 19.8 Å². The average molecular weight is 429 g/mol. The molecule has 2 heterocycles. The number of nitrogens with zero attached hydrogens (tertiary/aromatic N) is 1. The van der Waals surface area contributed by atoms with Crippen molar-refractivity contribution in [1.29, 1.82) is 0 Å². The second kappa shape index (κ2) is 7.03. The molecule has 0 spiro atoms. The minimum Gasteiger partial charge on any atom is -0.494 e. The van der Waals surface area contributed by atoms with Gasteiger partial charge >= 0.3 is 5.97 Å². The molecule has 9 heteroatoms. The highest BCUT2D eigenvalue weighted by atomic mass is 32.2. The molecule has 2 aromatic heterocycles. The number of ether oxygens (including phenoxy) is 1. The lowest BCUT2D eigenvalue weighted by Gasteiger charge is -2.11. The molecular weight excluding hydrogens is 406 g/mol. The molecule has 3 aromatic rings. The first kappa shape index (κ1) is 20.2. The van der Waals surface area contributed by atoms with E-state index in [1.807, 2.05) is 6.08 Å². The van der Waals surface area contributed by atoms with E-state index < -0.39 is 10.0 Å². The fourth-order valence-corrected chi connectivity index (χ4v) is 4.85. The summed E-state index contributed by atoms with van der Waals surface area (Å²) in [6, 6.07) is 4.69. The molecule has 0 unspecified atom stereocenters. The van der Waals surface area contributed by atoms with Crippen LogP contribution in [0.15, 0.2) is 29.2 Å².